The minimum atomic E-state index is 0.438. The molecule has 2 aliphatic rings. The second-order valence-corrected chi connectivity index (χ2v) is 6.63. The molecule has 2 fully saturated rings. The Morgan fingerprint density at radius 1 is 1.30 bits per heavy atom. The highest BCUT2D eigenvalue weighted by Crippen LogP contribution is 2.42. The second-order valence-electron chi connectivity index (χ2n) is 6.63. The summed E-state index contributed by atoms with van der Waals surface area (Å²) in [4.78, 5) is 2.62. The van der Waals surface area contributed by atoms with Crippen LogP contribution in [0.25, 0.3) is 0 Å². The predicted molar refractivity (Wildman–Crippen MR) is 81.5 cm³/mol. The van der Waals surface area contributed by atoms with E-state index in [1.807, 2.05) is 11.7 Å². The Morgan fingerprint density at radius 3 is 2.55 bits per heavy atom. The average molecular weight is 276 g/mol. The summed E-state index contributed by atoms with van der Waals surface area (Å²) in [5, 5.41) is 8.43. The van der Waals surface area contributed by atoms with Crippen LogP contribution in [0.5, 0.6) is 0 Å². The summed E-state index contributed by atoms with van der Waals surface area (Å²) in [5.41, 5.74) is 1.23. The first kappa shape index (κ1) is 14.1. The number of nitrogens with zero attached hydrogens (tertiary/aromatic N) is 3. The minimum absolute atomic E-state index is 0.438. The molecule has 0 amide bonds. The maximum absolute atomic E-state index is 4.67. The van der Waals surface area contributed by atoms with Crippen LogP contribution in [-0.4, -0.2) is 40.4 Å². The molecule has 0 spiro atoms. The first-order chi connectivity index (χ1) is 9.69. The maximum Gasteiger partial charge on any atom is 0.0796 e. The van der Waals surface area contributed by atoms with Crippen molar-refractivity contribution in [2.45, 2.75) is 57.2 Å². The molecule has 0 radical (unpaired) electrons. The molecule has 3 unspecified atom stereocenters. The molecule has 4 heteroatoms. The van der Waals surface area contributed by atoms with Gasteiger partial charge in [0.25, 0.3) is 0 Å². The van der Waals surface area contributed by atoms with Gasteiger partial charge in [-0.1, -0.05) is 6.92 Å². The monoisotopic (exact) mass is 276 g/mol. The van der Waals surface area contributed by atoms with Gasteiger partial charge in [0.05, 0.1) is 11.7 Å². The normalized spacial score (nSPS) is 31.6. The fourth-order valence-corrected chi connectivity index (χ4v) is 4.14. The fraction of sp³-hybridized carbons (Fsp3) is 0.812. The Morgan fingerprint density at radius 2 is 2.00 bits per heavy atom. The molecule has 0 aromatic carbocycles. The number of aromatic nitrogens is 2. The highest BCUT2D eigenvalue weighted by atomic mass is 15.3. The van der Waals surface area contributed by atoms with Crippen molar-refractivity contribution in [1.29, 1.82) is 0 Å². The van der Waals surface area contributed by atoms with E-state index in [-0.39, 0.29) is 0 Å². The van der Waals surface area contributed by atoms with Crippen LogP contribution in [0.15, 0.2) is 12.3 Å². The van der Waals surface area contributed by atoms with Gasteiger partial charge in [-0.05, 0) is 57.7 Å². The van der Waals surface area contributed by atoms with Gasteiger partial charge in [-0.15, -0.1) is 0 Å². The number of fused-ring (bicyclic) bond motifs is 2. The molecular formula is C16H28N4. The summed E-state index contributed by atoms with van der Waals surface area (Å²) in [5.74, 6) is 0.741. The van der Waals surface area contributed by atoms with Crippen molar-refractivity contribution in [3.8, 4) is 0 Å². The lowest BCUT2D eigenvalue weighted by Gasteiger charge is -2.39. The van der Waals surface area contributed by atoms with Crippen molar-refractivity contribution in [1.82, 2.24) is 20.0 Å². The second kappa shape index (κ2) is 5.86. The molecule has 2 saturated heterocycles. The molecule has 112 valence electrons. The number of nitrogens with one attached hydrogen (secondary N) is 1. The highest BCUT2D eigenvalue weighted by Gasteiger charge is 2.41. The van der Waals surface area contributed by atoms with Crippen molar-refractivity contribution >= 4 is 0 Å². The van der Waals surface area contributed by atoms with E-state index >= 15 is 0 Å². The number of hydrogen-bond donors (Lipinski definition) is 1. The number of aryl methyl sites for hydroxylation is 1. The highest BCUT2D eigenvalue weighted by molar-refractivity contribution is 5.10. The lowest BCUT2D eigenvalue weighted by atomic mass is 9.83. The number of rotatable bonds is 5. The number of hydrogen-bond acceptors (Lipinski definition) is 3. The van der Waals surface area contributed by atoms with E-state index in [4.69, 9.17) is 0 Å². The zero-order valence-corrected chi connectivity index (χ0v) is 13.0. The molecule has 4 nitrogen and oxygen atoms in total. The Labute approximate surface area is 122 Å². The average Bonchev–Trinajstić information content (AvgIpc) is 2.91. The minimum Gasteiger partial charge on any atom is -0.308 e. The molecule has 3 heterocycles. The van der Waals surface area contributed by atoms with Crippen LogP contribution in [0, 0.1) is 5.92 Å². The van der Waals surface area contributed by atoms with Crippen molar-refractivity contribution in [2.24, 2.45) is 13.0 Å². The van der Waals surface area contributed by atoms with Crippen LogP contribution in [-0.2, 0) is 7.05 Å². The van der Waals surface area contributed by atoms with Crippen LogP contribution < -0.4 is 5.32 Å². The third-order valence-corrected chi connectivity index (χ3v) is 5.27. The maximum atomic E-state index is 4.67. The van der Waals surface area contributed by atoms with Crippen molar-refractivity contribution in [3.05, 3.63) is 18.0 Å². The third-order valence-electron chi connectivity index (χ3n) is 5.27. The van der Waals surface area contributed by atoms with Crippen molar-refractivity contribution in [2.75, 3.05) is 13.6 Å². The summed E-state index contributed by atoms with van der Waals surface area (Å²) in [6.45, 7) is 3.32. The van der Waals surface area contributed by atoms with Crippen LogP contribution in [0.2, 0.25) is 0 Å². The van der Waals surface area contributed by atoms with Crippen molar-refractivity contribution in [3.63, 3.8) is 0 Å². The Kier molecular flexibility index (Phi) is 4.13. The van der Waals surface area contributed by atoms with Gasteiger partial charge in [-0.3, -0.25) is 4.68 Å². The topological polar surface area (TPSA) is 33.1 Å². The van der Waals surface area contributed by atoms with Gasteiger partial charge in [-0.25, -0.2) is 0 Å². The molecule has 20 heavy (non-hydrogen) atoms. The van der Waals surface area contributed by atoms with E-state index in [1.54, 1.807) is 0 Å². The van der Waals surface area contributed by atoms with Gasteiger partial charge in [0, 0.05) is 25.3 Å². The van der Waals surface area contributed by atoms with E-state index in [0.29, 0.717) is 6.04 Å². The first-order valence-corrected chi connectivity index (χ1v) is 8.14. The van der Waals surface area contributed by atoms with Gasteiger partial charge in [-0.2, -0.15) is 5.10 Å². The molecular weight excluding hydrogens is 248 g/mol. The molecule has 3 atom stereocenters. The lowest BCUT2D eigenvalue weighted by Crippen LogP contribution is -2.44. The molecule has 3 rings (SSSR count). The largest absolute Gasteiger partial charge is 0.308 e. The Bertz CT molecular complexity index is 427. The Balaban J connectivity index is 1.76. The molecule has 2 bridgehead atoms. The first-order valence-electron chi connectivity index (χ1n) is 8.14. The van der Waals surface area contributed by atoms with Crippen molar-refractivity contribution < 1.29 is 0 Å². The summed E-state index contributed by atoms with van der Waals surface area (Å²) >= 11 is 0. The van der Waals surface area contributed by atoms with Crippen LogP contribution in [0.4, 0.5) is 0 Å². The zero-order valence-electron chi connectivity index (χ0n) is 13.0. The van der Waals surface area contributed by atoms with Gasteiger partial charge < -0.3 is 10.2 Å². The smallest absolute Gasteiger partial charge is 0.0796 e. The van der Waals surface area contributed by atoms with Gasteiger partial charge in [0.1, 0.15) is 0 Å². The number of piperidine rings is 1. The van der Waals surface area contributed by atoms with Crippen LogP contribution in [0.3, 0.4) is 0 Å². The summed E-state index contributed by atoms with van der Waals surface area (Å²) in [7, 11) is 4.33. The van der Waals surface area contributed by atoms with Gasteiger partial charge in [0.15, 0.2) is 0 Å². The van der Waals surface area contributed by atoms with Gasteiger partial charge >= 0.3 is 0 Å². The van der Waals surface area contributed by atoms with E-state index in [9.17, 15) is 0 Å². The molecule has 2 aliphatic heterocycles. The third kappa shape index (κ3) is 2.63. The van der Waals surface area contributed by atoms with Crippen LogP contribution in [0.1, 0.15) is 50.8 Å². The van der Waals surface area contributed by atoms with Crippen LogP contribution >= 0.6 is 0 Å². The van der Waals surface area contributed by atoms with E-state index in [1.165, 1.54) is 37.8 Å². The molecule has 1 aromatic heterocycles. The molecule has 1 aromatic rings. The lowest BCUT2D eigenvalue weighted by molar-refractivity contribution is 0.111. The quantitative estimate of drug-likeness (QED) is 0.896. The summed E-state index contributed by atoms with van der Waals surface area (Å²) in [6.07, 6.45) is 8.68. The van der Waals surface area contributed by atoms with E-state index < -0.39 is 0 Å². The summed E-state index contributed by atoms with van der Waals surface area (Å²) < 4.78 is 1.93. The SMILES string of the molecule is CCCNC(c1ccn(C)n1)C1CC2CCC(C1)N2C. The molecule has 1 N–H and O–H groups in total. The zero-order chi connectivity index (χ0) is 14.1. The van der Waals surface area contributed by atoms with Gasteiger partial charge in [0.2, 0.25) is 0 Å². The standard InChI is InChI=1S/C16H28N4/c1-4-8-17-16(15-7-9-19(2)18-15)12-10-13-5-6-14(11-12)20(13)3/h7,9,12-14,16-17H,4-6,8,10-11H2,1-3H3. The molecule has 0 aliphatic carbocycles. The predicted octanol–water partition coefficient (Wildman–Crippen LogP) is 2.33. The summed E-state index contributed by atoms with van der Waals surface area (Å²) in [6, 6.07) is 4.22. The van der Waals surface area contributed by atoms with E-state index in [2.05, 4.69) is 41.5 Å². The Hall–Kier alpha value is -0.870. The van der Waals surface area contributed by atoms with E-state index in [0.717, 1.165) is 24.5 Å². The molecule has 0 saturated carbocycles. The fourth-order valence-electron chi connectivity index (χ4n) is 4.14.